The van der Waals surface area contributed by atoms with Crippen LogP contribution >= 0.6 is 0 Å². The number of guanidine groups is 1. The van der Waals surface area contributed by atoms with Crippen molar-refractivity contribution in [2.75, 3.05) is 20.3 Å². The van der Waals surface area contributed by atoms with Crippen molar-refractivity contribution in [3.8, 4) is 17.2 Å². The van der Waals surface area contributed by atoms with Crippen molar-refractivity contribution in [2.45, 2.75) is 63.3 Å². The summed E-state index contributed by atoms with van der Waals surface area (Å²) in [6.45, 7) is 5.95. The van der Waals surface area contributed by atoms with Gasteiger partial charge < -0.3 is 30.4 Å². The molecule has 0 fully saturated rings. The second kappa shape index (κ2) is 9.50. The smallest absolute Gasteiger partial charge is 0.251 e. The number of aliphatic hydroxyl groups is 1. The molecule has 2 aromatic rings. The monoisotopic (exact) mass is 522 g/mol. The topological polar surface area (TPSA) is 136 Å². The first-order valence-corrected chi connectivity index (χ1v) is 12.8. The van der Waals surface area contributed by atoms with Crippen molar-refractivity contribution in [1.82, 2.24) is 10.2 Å². The predicted molar refractivity (Wildman–Crippen MR) is 140 cm³/mol. The minimum Gasteiger partial charge on any atom is -0.497 e. The lowest BCUT2D eigenvalue weighted by Gasteiger charge is -2.40. The minimum atomic E-state index is -1.34. The first-order chi connectivity index (χ1) is 18.0. The number of hydrogen-bond donors (Lipinski definition) is 3. The third-order valence-electron chi connectivity index (χ3n) is 7.73. The van der Waals surface area contributed by atoms with Gasteiger partial charge in [0.25, 0.3) is 5.91 Å². The lowest BCUT2D eigenvalue weighted by atomic mass is 9.87. The molecule has 3 unspecified atom stereocenters. The number of nitrogens with two attached hydrogens (primary N) is 1. The number of hydrogen-bond acceptors (Lipinski definition) is 8. The number of aliphatic imine (C=N–C) groups is 1. The Morgan fingerprint density at radius 1 is 1.21 bits per heavy atom. The average Bonchev–Trinajstić information content (AvgIpc) is 2.89. The van der Waals surface area contributed by atoms with Gasteiger partial charge in [0.1, 0.15) is 29.5 Å². The van der Waals surface area contributed by atoms with Gasteiger partial charge in [-0.15, -0.1) is 0 Å². The van der Waals surface area contributed by atoms with E-state index in [9.17, 15) is 14.7 Å². The van der Waals surface area contributed by atoms with Crippen LogP contribution in [0.4, 0.5) is 0 Å². The number of benzene rings is 2. The maximum absolute atomic E-state index is 13.5. The van der Waals surface area contributed by atoms with E-state index in [-0.39, 0.29) is 30.8 Å². The molecule has 0 saturated carbocycles. The van der Waals surface area contributed by atoms with Crippen molar-refractivity contribution in [1.29, 1.82) is 0 Å². The van der Waals surface area contributed by atoms with Crippen LogP contribution in [-0.2, 0) is 4.79 Å². The first kappa shape index (κ1) is 25.8. The lowest BCUT2D eigenvalue weighted by molar-refractivity contribution is -0.131. The van der Waals surface area contributed by atoms with E-state index in [1.165, 1.54) is 4.90 Å². The molecule has 0 spiro atoms. The number of nitrogens with zero attached hydrogens (tertiary/aromatic N) is 2. The highest BCUT2D eigenvalue weighted by atomic mass is 16.5. The van der Waals surface area contributed by atoms with E-state index >= 15 is 0 Å². The van der Waals surface area contributed by atoms with Crippen LogP contribution in [0.5, 0.6) is 17.2 Å². The van der Waals surface area contributed by atoms with Gasteiger partial charge in [0, 0.05) is 29.2 Å². The number of nitrogens with one attached hydrogen (secondary N) is 1. The number of fused-ring (bicyclic) bond motifs is 2. The molecule has 0 bridgehead atoms. The Kier molecular flexibility index (Phi) is 6.46. The summed E-state index contributed by atoms with van der Waals surface area (Å²) < 4.78 is 16.9. The molecular weight excluding hydrogens is 488 g/mol. The molecule has 3 aliphatic rings. The second-order valence-corrected chi connectivity index (χ2v) is 10.6. The fourth-order valence-corrected chi connectivity index (χ4v) is 5.33. The van der Waals surface area contributed by atoms with Crippen LogP contribution in [0.2, 0.25) is 0 Å². The Morgan fingerprint density at radius 3 is 2.71 bits per heavy atom. The van der Waals surface area contributed by atoms with Crippen molar-refractivity contribution >= 4 is 17.8 Å². The van der Waals surface area contributed by atoms with Crippen LogP contribution in [0.1, 0.15) is 73.6 Å². The summed E-state index contributed by atoms with van der Waals surface area (Å²) in [6.07, 6.45) is 1.49. The van der Waals surface area contributed by atoms with Gasteiger partial charge in [0.15, 0.2) is 5.96 Å². The highest BCUT2D eigenvalue weighted by molar-refractivity contribution is 6.00. The van der Waals surface area contributed by atoms with E-state index < -0.39 is 23.2 Å². The molecule has 2 amide bonds. The standard InChI is InChI=1S/C28H34N4O6/c1-5-27(2)14-23(33)32(26(29)31-27)20-10-11-37-21-9-6-16(12-19(20)21)25(34)30-24-18-8-7-17(36-4)13-22(18)38-15-28(24,3)35/h6-9,12-13,20,24,35H,5,10-11,14-15H2,1-4H3,(H2,29,31)(H,30,34)/t20-,24?,27?,28?/m1/s1. The molecule has 0 radical (unpaired) electrons. The predicted octanol–water partition coefficient (Wildman–Crippen LogP) is 2.85. The van der Waals surface area contributed by atoms with E-state index in [1.807, 2.05) is 13.8 Å². The Balaban J connectivity index is 1.45. The van der Waals surface area contributed by atoms with E-state index in [2.05, 4.69) is 10.3 Å². The Morgan fingerprint density at radius 2 is 2.00 bits per heavy atom. The first-order valence-electron chi connectivity index (χ1n) is 12.8. The van der Waals surface area contributed by atoms with Crippen molar-refractivity contribution in [3.63, 3.8) is 0 Å². The molecule has 3 heterocycles. The molecule has 202 valence electrons. The number of carbonyl (C=O) groups excluding carboxylic acids is 2. The zero-order chi connectivity index (χ0) is 27.2. The number of rotatable bonds is 5. The number of methoxy groups -OCH3 is 1. The van der Waals surface area contributed by atoms with E-state index in [0.29, 0.717) is 53.4 Å². The molecule has 4 atom stereocenters. The van der Waals surface area contributed by atoms with E-state index in [0.717, 1.165) is 0 Å². The lowest BCUT2D eigenvalue weighted by Crippen LogP contribution is -2.52. The van der Waals surface area contributed by atoms with Crippen molar-refractivity contribution in [2.24, 2.45) is 10.7 Å². The van der Waals surface area contributed by atoms with Gasteiger partial charge in [-0.1, -0.05) is 6.92 Å². The van der Waals surface area contributed by atoms with Crippen LogP contribution in [0.25, 0.3) is 0 Å². The largest absolute Gasteiger partial charge is 0.497 e. The molecule has 0 saturated heterocycles. The minimum absolute atomic E-state index is 0.00454. The average molecular weight is 523 g/mol. The summed E-state index contributed by atoms with van der Waals surface area (Å²) >= 11 is 0. The Hall–Kier alpha value is -3.79. The molecule has 2 aromatic carbocycles. The summed E-state index contributed by atoms with van der Waals surface area (Å²) in [4.78, 5) is 32.9. The molecule has 3 aliphatic heterocycles. The highest BCUT2D eigenvalue weighted by Gasteiger charge is 2.42. The quantitative estimate of drug-likeness (QED) is 0.549. The van der Waals surface area contributed by atoms with Crippen molar-refractivity contribution in [3.05, 3.63) is 53.1 Å². The highest BCUT2D eigenvalue weighted by Crippen LogP contribution is 2.41. The Bertz CT molecular complexity index is 1310. The zero-order valence-electron chi connectivity index (χ0n) is 22.1. The van der Waals surface area contributed by atoms with Crippen LogP contribution < -0.4 is 25.3 Å². The van der Waals surface area contributed by atoms with Gasteiger partial charge >= 0.3 is 0 Å². The number of ether oxygens (including phenoxy) is 3. The molecule has 38 heavy (non-hydrogen) atoms. The summed E-state index contributed by atoms with van der Waals surface area (Å²) in [5.41, 5.74) is 6.17. The summed E-state index contributed by atoms with van der Waals surface area (Å²) in [7, 11) is 1.56. The SMILES string of the molecule is CCC1(C)CC(=O)N([C@@H]2CCOc3ccc(C(=O)NC4c5ccc(OC)cc5OCC4(C)O)cc32)C(N)=N1. The fraction of sp³-hybridized carbons (Fsp3) is 0.464. The molecule has 5 rings (SSSR count). The van der Waals surface area contributed by atoms with Crippen LogP contribution in [0, 0.1) is 0 Å². The molecule has 10 heteroatoms. The van der Waals surface area contributed by atoms with Gasteiger partial charge in [-0.2, -0.15) is 0 Å². The fourth-order valence-electron chi connectivity index (χ4n) is 5.33. The third kappa shape index (κ3) is 4.53. The molecular formula is C28H34N4O6. The van der Waals surface area contributed by atoms with Crippen molar-refractivity contribution < 1.29 is 28.9 Å². The number of carbonyl (C=O) groups is 2. The van der Waals surface area contributed by atoms with E-state index in [4.69, 9.17) is 19.9 Å². The van der Waals surface area contributed by atoms with Gasteiger partial charge in [0.05, 0.1) is 37.8 Å². The normalized spacial score (nSPS) is 28.3. The zero-order valence-corrected chi connectivity index (χ0v) is 22.1. The summed E-state index contributed by atoms with van der Waals surface area (Å²) in [5, 5.41) is 14.0. The molecule has 10 nitrogen and oxygen atoms in total. The van der Waals surface area contributed by atoms with Gasteiger partial charge in [0.2, 0.25) is 5.91 Å². The van der Waals surface area contributed by atoms with Crippen LogP contribution in [-0.4, -0.2) is 59.2 Å². The Labute approximate surface area is 221 Å². The maximum atomic E-state index is 13.5. The number of amides is 2. The summed E-state index contributed by atoms with van der Waals surface area (Å²) in [5.74, 6) is 1.46. The summed E-state index contributed by atoms with van der Waals surface area (Å²) in [6, 6.07) is 9.28. The maximum Gasteiger partial charge on any atom is 0.251 e. The van der Waals surface area contributed by atoms with E-state index in [1.54, 1.807) is 50.4 Å². The second-order valence-electron chi connectivity index (χ2n) is 10.6. The molecule has 4 N–H and O–H groups in total. The molecule has 0 aromatic heterocycles. The molecule has 0 aliphatic carbocycles. The van der Waals surface area contributed by atoms with Gasteiger partial charge in [-0.3, -0.25) is 14.5 Å². The third-order valence-corrected chi connectivity index (χ3v) is 7.73. The van der Waals surface area contributed by atoms with Crippen LogP contribution in [0.15, 0.2) is 41.4 Å². The van der Waals surface area contributed by atoms with Gasteiger partial charge in [-0.25, -0.2) is 4.99 Å². The van der Waals surface area contributed by atoms with Gasteiger partial charge in [-0.05, 0) is 50.6 Å². The van der Waals surface area contributed by atoms with Crippen LogP contribution in [0.3, 0.4) is 0 Å².